The van der Waals surface area contributed by atoms with Gasteiger partial charge in [0.2, 0.25) is 5.91 Å². The van der Waals surface area contributed by atoms with Gasteiger partial charge in [0.05, 0.1) is 5.69 Å². The van der Waals surface area contributed by atoms with Crippen molar-refractivity contribution < 1.29 is 9.59 Å². The van der Waals surface area contributed by atoms with Crippen LogP contribution in [0.1, 0.15) is 32.8 Å². The van der Waals surface area contributed by atoms with Crippen molar-refractivity contribution in [1.82, 2.24) is 5.32 Å². The molecular formula is C14H18BrN3O2. The predicted molar refractivity (Wildman–Crippen MR) is 82.8 cm³/mol. The smallest absolute Gasteiger partial charge is 0.328 e. The molecule has 0 spiro atoms. The third-order valence-electron chi connectivity index (χ3n) is 3.27. The van der Waals surface area contributed by atoms with E-state index in [9.17, 15) is 9.59 Å². The number of nitrogens with two attached hydrogens (primary N) is 1. The van der Waals surface area contributed by atoms with Gasteiger partial charge in [0, 0.05) is 23.1 Å². The van der Waals surface area contributed by atoms with Crippen molar-refractivity contribution in [1.29, 1.82) is 0 Å². The number of nitrogens with one attached hydrogen (secondary N) is 1. The molecule has 0 unspecified atom stereocenters. The Labute approximate surface area is 126 Å². The van der Waals surface area contributed by atoms with Crippen molar-refractivity contribution in [2.24, 2.45) is 0 Å². The van der Waals surface area contributed by atoms with E-state index in [4.69, 9.17) is 5.73 Å². The van der Waals surface area contributed by atoms with Gasteiger partial charge < -0.3 is 5.73 Å². The molecule has 1 heterocycles. The van der Waals surface area contributed by atoms with Gasteiger partial charge in [-0.05, 0) is 39.0 Å². The lowest BCUT2D eigenvalue weighted by Gasteiger charge is -2.29. The van der Waals surface area contributed by atoms with E-state index in [-0.39, 0.29) is 11.3 Å². The first-order chi connectivity index (χ1) is 9.20. The largest absolute Gasteiger partial charge is 0.398 e. The van der Waals surface area contributed by atoms with Gasteiger partial charge in [-0.2, -0.15) is 0 Å². The van der Waals surface area contributed by atoms with Crippen LogP contribution in [0, 0.1) is 0 Å². The van der Waals surface area contributed by atoms with Crippen molar-refractivity contribution in [2.45, 2.75) is 32.6 Å². The number of carbonyl (C=O) groups is 2. The van der Waals surface area contributed by atoms with Crippen molar-refractivity contribution in [3.05, 3.63) is 22.2 Å². The maximum atomic E-state index is 11.9. The molecule has 1 fully saturated rings. The van der Waals surface area contributed by atoms with E-state index in [1.807, 2.05) is 6.07 Å². The summed E-state index contributed by atoms with van der Waals surface area (Å²) in [4.78, 5) is 24.6. The zero-order chi connectivity index (χ0) is 15.1. The Balaban J connectivity index is 2.42. The molecule has 0 bridgehead atoms. The first-order valence-electron chi connectivity index (χ1n) is 6.41. The number of nitrogen functional groups attached to an aromatic ring is 1. The number of nitrogens with zero attached hydrogens (tertiary/aromatic N) is 1. The molecule has 3 amide bonds. The fraction of sp³-hybridized carbons (Fsp3) is 0.429. The standard InChI is InChI=1S/C14H18BrN3O2/c1-14(2,3)8-6-9(15)11(7-10(8)16)18-5-4-12(19)17-13(18)20/h6-7H,4-5,16H2,1-3H3,(H,17,19,20). The molecule has 5 nitrogen and oxygen atoms in total. The number of imide groups is 1. The molecule has 1 aromatic carbocycles. The van der Waals surface area contributed by atoms with Crippen LogP contribution in [0.2, 0.25) is 0 Å². The van der Waals surface area contributed by atoms with Gasteiger partial charge in [0.1, 0.15) is 0 Å². The molecule has 108 valence electrons. The maximum absolute atomic E-state index is 11.9. The Morgan fingerprint density at radius 3 is 2.50 bits per heavy atom. The number of amides is 3. The molecule has 0 aromatic heterocycles. The first kappa shape index (κ1) is 14.8. The summed E-state index contributed by atoms with van der Waals surface area (Å²) in [6, 6.07) is 3.30. The van der Waals surface area contributed by atoms with Gasteiger partial charge in [0.15, 0.2) is 0 Å². The third-order valence-corrected chi connectivity index (χ3v) is 3.91. The number of rotatable bonds is 1. The predicted octanol–water partition coefficient (Wildman–Crippen LogP) is 2.78. The number of carbonyl (C=O) groups excluding carboxylic acids is 2. The fourth-order valence-electron chi connectivity index (χ4n) is 2.23. The van der Waals surface area contributed by atoms with Gasteiger partial charge >= 0.3 is 6.03 Å². The second-order valence-electron chi connectivity index (χ2n) is 5.90. The van der Waals surface area contributed by atoms with Gasteiger partial charge in [0.25, 0.3) is 0 Å². The summed E-state index contributed by atoms with van der Waals surface area (Å²) < 4.78 is 0.793. The molecule has 1 aliphatic heterocycles. The molecule has 0 aliphatic carbocycles. The molecule has 0 radical (unpaired) electrons. The average molecular weight is 340 g/mol. The zero-order valence-electron chi connectivity index (χ0n) is 11.8. The Kier molecular flexibility index (Phi) is 3.77. The molecule has 1 saturated heterocycles. The van der Waals surface area contributed by atoms with Crippen LogP contribution in [0.25, 0.3) is 0 Å². The average Bonchev–Trinajstić information content (AvgIpc) is 2.31. The quantitative estimate of drug-likeness (QED) is 0.772. The van der Waals surface area contributed by atoms with Gasteiger partial charge in [-0.15, -0.1) is 0 Å². The van der Waals surface area contributed by atoms with Crippen molar-refractivity contribution in [2.75, 3.05) is 17.2 Å². The van der Waals surface area contributed by atoms with Crippen LogP contribution >= 0.6 is 15.9 Å². The van der Waals surface area contributed by atoms with Crippen LogP contribution in [0.4, 0.5) is 16.2 Å². The van der Waals surface area contributed by atoms with Crippen LogP contribution in [-0.4, -0.2) is 18.5 Å². The Bertz CT molecular complexity index is 579. The fourth-order valence-corrected chi connectivity index (χ4v) is 2.79. The second kappa shape index (κ2) is 5.09. The van der Waals surface area contributed by atoms with Crippen molar-refractivity contribution in [3.8, 4) is 0 Å². The van der Waals surface area contributed by atoms with Gasteiger partial charge in [-0.1, -0.05) is 20.8 Å². The number of anilines is 2. The molecule has 3 N–H and O–H groups in total. The number of benzene rings is 1. The van der Waals surface area contributed by atoms with E-state index in [0.29, 0.717) is 24.3 Å². The molecule has 1 aromatic rings. The highest BCUT2D eigenvalue weighted by molar-refractivity contribution is 9.10. The summed E-state index contributed by atoms with van der Waals surface area (Å²) in [5.74, 6) is -0.248. The van der Waals surface area contributed by atoms with Crippen LogP contribution in [0.3, 0.4) is 0 Å². The summed E-state index contributed by atoms with van der Waals surface area (Å²) in [7, 11) is 0. The summed E-state index contributed by atoms with van der Waals surface area (Å²) in [6.07, 6.45) is 0.291. The summed E-state index contributed by atoms with van der Waals surface area (Å²) in [6.45, 7) is 6.60. The lowest BCUT2D eigenvalue weighted by molar-refractivity contribution is -0.120. The van der Waals surface area contributed by atoms with Crippen molar-refractivity contribution in [3.63, 3.8) is 0 Å². The highest BCUT2D eigenvalue weighted by Crippen LogP contribution is 2.37. The zero-order valence-corrected chi connectivity index (χ0v) is 13.4. The SMILES string of the molecule is CC(C)(C)c1cc(Br)c(N2CCC(=O)NC2=O)cc1N. The number of hydrogen-bond donors (Lipinski definition) is 2. The van der Waals surface area contributed by atoms with E-state index in [1.165, 1.54) is 4.90 Å². The van der Waals surface area contributed by atoms with Crippen LogP contribution in [0.15, 0.2) is 16.6 Å². The maximum Gasteiger partial charge on any atom is 0.328 e. The van der Waals surface area contributed by atoms with Gasteiger partial charge in [-0.3, -0.25) is 15.0 Å². The topological polar surface area (TPSA) is 75.4 Å². The van der Waals surface area contributed by atoms with E-state index >= 15 is 0 Å². The summed E-state index contributed by atoms with van der Waals surface area (Å²) in [5.41, 5.74) is 8.37. The Morgan fingerprint density at radius 1 is 1.30 bits per heavy atom. The van der Waals surface area contributed by atoms with Crippen LogP contribution < -0.4 is 16.0 Å². The summed E-state index contributed by atoms with van der Waals surface area (Å²) >= 11 is 3.49. The third kappa shape index (κ3) is 2.80. The molecule has 20 heavy (non-hydrogen) atoms. The lowest BCUT2D eigenvalue weighted by atomic mass is 9.85. The highest BCUT2D eigenvalue weighted by atomic mass is 79.9. The minimum atomic E-state index is -0.412. The molecule has 0 atom stereocenters. The van der Waals surface area contributed by atoms with E-state index in [1.54, 1.807) is 6.07 Å². The Morgan fingerprint density at radius 2 is 1.95 bits per heavy atom. The van der Waals surface area contributed by atoms with Gasteiger partial charge in [-0.25, -0.2) is 4.79 Å². The highest BCUT2D eigenvalue weighted by Gasteiger charge is 2.27. The molecule has 6 heteroatoms. The second-order valence-corrected chi connectivity index (χ2v) is 6.75. The minimum Gasteiger partial charge on any atom is -0.398 e. The molecule has 0 saturated carbocycles. The van der Waals surface area contributed by atoms with E-state index in [2.05, 4.69) is 42.0 Å². The number of halogens is 1. The minimum absolute atomic E-state index is 0.0781. The number of urea groups is 1. The molecular weight excluding hydrogens is 322 g/mol. The van der Waals surface area contributed by atoms with Crippen molar-refractivity contribution >= 4 is 39.2 Å². The molecule has 2 rings (SSSR count). The lowest BCUT2D eigenvalue weighted by Crippen LogP contribution is -2.49. The van der Waals surface area contributed by atoms with Crippen LogP contribution in [0.5, 0.6) is 0 Å². The first-order valence-corrected chi connectivity index (χ1v) is 7.20. The van der Waals surface area contributed by atoms with Crippen LogP contribution in [-0.2, 0) is 10.2 Å². The number of hydrogen-bond acceptors (Lipinski definition) is 3. The monoisotopic (exact) mass is 339 g/mol. The van der Waals surface area contributed by atoms with E-state index in [0.717, 1.165) is 10.0 Å². The normalized spacial score (nSPS) is 16.3. The molecule has 1 aliphatic rings. The summed E-state index contributed by atoms with van der Waals surface area (Å²) in [5, 5.41) is 2.31. The Hall–Kier alpha value is -1.56. The van der Waals surface area contributed by atoms with E-state index < -0.39 is 6.03 Å².